The molecule has 4 rings (SSSR count). The molecule has 0 bridgehead atoms. The predicted octanol–water partition coefficient (Wildman–Crippen LogP) is 1.74. The summed E-state index contributed by atoms with van der Waals surface area (Å²) in [6.45, 7) is 6.06. The molecule has 2 saturated heterocycles. The highest BCUT2D eigenvalue weighted by atomic mass is 19.1. The number of morpholine rings is 1. The molecule has 0 aromatic heterocycles. The summed E-state index contributed by atoms with van der Waals surface area (Å²) in [4.78, 5) is 4.80. The van der Waals surface area contributed by atoms with Gasteiger partial charge in [-0.3, -0.25) is 9.80 Å². The summed E-state index contributed by atoms with van der Waals surface area (Å²) in [5.74, 6) is 1.19. The molecule has 3 fully saturated rings. The third-order valence-corrected chi connectivity index (χ3v) is 6.35. The third-order valence-electron chi connectivity index (χ3n) is 6.35. The van der Waals surface area contributed by atoms with Crippen molar-refractivity contribution >= 4 is 0 Å². The first-order valence-electron chi connectivity index (χ1n) is 9.69. The number of benzene rings is 1. The van der Waals surface area contributed by atoms with Gasteiger partial charge >= 0.3 is 0 Å². The van der Waals surface area contributed by atoms with E-state index in [0.29, 0.717) is 24.1 Å². The van der Waals surface area contributed by atoms with E-state index in [1.165, 1.54) is 13.2 Å². The van der Waals surface area contributed by atoms with Gasteiger partial charge in [-0.25, -0.2) is 4.39 Å². The number of nitrogens with zero attached hydrogens (tertiary/aromatic N) is 2. The summed E-state index contributed by atoms with van der Waals surface area (Å²) >= 11 is 0. The molecule has 1 aromatic carbocycles. The number of para-hydroxylation sites is 1. The summed E-state index contributed by atoms with van der Waals surface area (Å²) < 4.78 is 24.6. The standard InChI is InChI=1S/C20H29FN2O3/c1-25-20-14(3-2-4-17(20)21)11-22-12-15-9-18(19(24)10-16(15)13-22)23-5-7-26-8-6-23/h2-4,15-16,18-19,24H,5-13H2,1H3/t15-,16+,18-,19-/m1/s1. The van der Waals surface area contributed by atoms with Crippen molar-refractivity contribution in [2.45, 2.75) is 31.5 Å². The lowest BCUT2D eigenvalue weighted by molar-refractivity contribution is -0.0520. The quantitative estimate of drug-likeness (QED) is 0.882. The van der Waals surface area contributed by atoms with Gasteiger partial charge in [0.15, 0.2) is 11.6 Å². The van der Waals surface area contributed by atoms with Gasteiger partial charge in [-0.2, -0.15) is 0 Å². The molecular weight excluding hydrogens is 335 g/mol. The second kappa shape index (κ2) is 7.80. The van der Waals surface area contributed by atoms with Gasteiger partial charge in [0.25, 0.3) is 0 Å². The van der Waals surface area contributed by atoms with E-state index >= 15 is 0 Å². The first-order chi connectivity index (χ1) is 12.7. The number of aliphatic hydroxyl groups is 1. The summed E-state index contributed by atoms with van der Waals surface area (Å²) in [5.41, 5.74) is 0.899. The van der Waals surface area contributed by atoms with Crippen molar-refractivity contribution in [3.63, 3.8) is 0 Å². The summed E-state index contributed by atoms with van der Waals surface area (Å²) in [7, 11) is 1.52. The van der Waals surface area contributed by atoms with Crippen LogP contribution in [0.3, 0.4) is 0 Å². The Kier molecular flexibility index (Phi) is 5.45. The Hall–Kier alpha value is -1.21. The molecule has 3 aliphatic rings. The zero-order valence-electron chi connectivity index (χ0n) is 15.4. The second-order valence-corrected chi connectivity index (χ2v) is 7.90. The number of methoxy groups -OCH3 is 1. The highest BCUT2D eigenvalue weighted by molar-refractivity contribution is 5.34. The van der Waals surface area contributed by atoms with Crippen molar-refractivity contribution in [2.75, 3.05) is 46.5 Å². The number of hydrogen-bond acceptors (Lipinski definition) is 5. The maximum absolute atomic E-state index is 13.9. The fourth-order valence-electron chi connectivity index (χ4n) is 5.08. The topological polar surface area (TPSA) is 45.2 Å². The minimum Gasteiger partial charge on any atom is -0.493 e. The molecular formula is C20H29FN2O3. The van der Waals surface area contributed by atoms with Crippen LogP contribution in [-0.4, -0.2) is 73.6 Å². The largest absolute Gasteiger partial charge is 0.493 e. The molecule has 1 aliphatic carbocycles. The monoisotopic (exact) mass is 364 g/mol. The lowest BCUT2D eigenvalue weighted by Gasteiger charge is -2.43. The molecule has 0 radical (unpaired) electrons. The van der Waals surface area contributed by atoms with E-state index in [1.54, 1.807) is 6.07 Å². The molecule has 144 valence electrons. The number of hydrogen-bond donors (Lipinski definition) is 1. The van der Waals surface area contributed by atoms with E-state index in [1.807, 2.05) is 6.07 Å². The molecule has 4 atom stereocenters. The third kappa shape index (κ3) is 3.60. The van der Waals surface area contributed by atoms with Gasteiger partial charge in [-0.15, -0.1) is 0 Å². The molecule has 6 heteroatoms. The Morgan fingerprint density at radius 1 is 1.19 bits per heavy atom. The van der Waals surface area contributed by atoms with E-state index in [0.717, 1.165) is 57.8 Å². The maximum atomic E-state index is 13.9. The summed E-state index contributed by atoms with van der Waals surface area (Å²) in [6, 6.07) is 5.38. The fraction of sp³-hybridized carbons (Fsp3) is 0.700. The molecule has 2 aliphatic heterocycles. The molecule has 1 saturated carbocycles. The fourth-order valence-corrected chi connectivity index (χ4v) is 5.08. The van der Waals surface area contributed by atoms with Crippen LogP contribution in [0.2, 0.25) is 0 Å². The Labute approximate surface area is 154 Å². The number of ether oxygens (including phenoxy) is 2. The van der Waals surface area contributed by atoms with Crippen LogP contribution in [0, 0.1) is 17.7 Å². The van der Waals surface area contributed by atoms with Crippen LogP contribution in [0.4, 0.5) is 4.39 Å². The van der Waals surface area contributed by atoms with Gasteiger partial charge in [0, 0.05) is 44.3 Å². The van der Waals surface area contributed by atoms with Crippen LogP contribution in [0.5, 0.6) is 5.75 Å². The molecule has 0 amide bonds. The van der Waals surface area contributed by atoms with E-state index in [9.17, 15) is 9.50 Å². The van der Waals surface area contributed by atoms with Crippen LogP contribution < -0.4 is 4.74 Å². The van der Waals surface area contributed by atoms with Crippen LogP contribution in [0.15, 0.2) is 18.2 Å². The number of likely N-dealkylation sites (tertiary alicyclic amines) is 1. The Bertz CT molecular complexity index is 623. The first kappa shape index (κ1) is 18.2. The van der Waals surface area contributed by atoms with Crippen LogP contribution >= 0.6 is 0 Å². The molecule has 5 nitrogen and oxygen atoms in total. The van der Waals surface area contributed by atoms with Crippen molar-refractivity contribution in [2.24, 2.45) is 11.8 Å². The van der Waals surface area contributed by atoms with Crippen molar-refractivity contribution in [3.05, 3.63) is 29.6 Å². The number of aliphatic hydroxyl groups excluding tert-OH is 1. The average molecular weight is 364 g/mol. The Morgan fingerprint density at radius 2 is 1.92 bits per heavy atom. The normalized spacial score (nSPS) is 33.2. The SMILES string of the molecule is COc1c(F)cccc1CN1C[C@H]2C[C@@H](N3CCOCC3)[C@H](O)C[C@H]2C1. The molecule has 2 heterocycles. The maximum Gasteiger partial charge on any atom is 0.165 e. The van der Waals surface area contributed by atoms with Crippen LogP contribution in [0.25, 0.3) is 0 Å². The van der Waals surface area contributed by atoms with Crippen molar-refractivity contribution < 1.29 is 19.0 Å². The van der Waals surface area contributed by atoms with Gasteiger partial charge in [-0.1, -0.05) is 12.1 Å². The first-order valence-corrected chi connectivity index (χ1v) is 9.69. The molecule has 26 heavy (non-hydrogen) atoms. The zero-order chi connectivity index (χ0) is 18.1. The number of halogens is 1. The average Bonchev–Trinajstić information content (AvgIpc) is 3.03. The van der Waals surface area contributed by atoms with Crippen molar-refractivity contribution in [1.29, 1.82) is 0 Å². The number of fused-ring (bicyclic) bond motifs is 1. The van der Waals surface area contributed by atoms with Crippen molar-refractivity contribution in [3.8, 4) is 5.75 Å². The van der Waals surface area contributed by atoms with Gasteiger partial charge in [-0.05, 0) is 30.7 Å². The smallest absolute Gasteiger partial charge is 0.165 e. The predicted molar refractivity (Wildman–Crippen MR) is 96.6 cm³/mol. The summed E-state index contributed by atoms with van der Waals surface area (Å²) in [6.07, 6.45) is 1.66. The highest BCUT2D eigenvalue weighted by Crippen LogP contribution is 2.39. The van der Waals surface area contributed by atoms with E-state index in [4.69, 9.17) is 9.47 Å². The molecule has 0 unspecified atom stereocenters. The lowest BCUT2D eigenvalue weighted by Crippen LogP contribution is -2.53. The van der Waals surface area contributed by atoms with Crippen LogP contribution in [-0.2, 0) is 11.3 Å². The second-order valence-electron chi connectivity index (χ2n) is 7.90. The number of rotatable bonds is 4. The van der Waals surface area contributed by atoms with Gasteiger partial charge in [0.05, 0.1) is 26.4 Å². The van der Waals surface area contributed by atoms with E-state index in [2.05, 4.69) is 9.80 Å². The van der Waals surface area contributed by atoms with Crippen molar-refractivity contribution in [1.82, 2.24) is 9.80 Å². The molecule has 1 aromatic rings. The summed E-state index contributed by atoms with van der Waals surface area (Å²) in [5, 5.41) is 10.7. The Balaban J connectivity index is 1.41. The Morgan fingerprint density at radius 3 is 2.65 bits per heavy atom. The van der Waals surface area contributed by atoms with Gasteiger partial charge in [0.1, 0.15) is 0 Å². The van der Waals surface area contributed by atoms with E-state index in [-0.39, 0.29) is 18.0 Å². The van der Waals surface area contributed by atoms with E-state index < -0.39 is 0 Å². The van der Waals surface area contributed by atoms with Gasteiger partial charge < -0.3 is 14.6 Å². The van der Waals surface area contributed by atoms with Crippen LogP contribution in [0.1, 0.15) is 18.4 Å². The zero-order valence-corrected chi connectivity index (χ0v) is 15.4. The molecule has 1 N–H and O–H groups in total. The lowest BCUT2D eigenvalue weighted by atomic mass is 9.77. The minimum atomic E-state index is -0.301. The highest BCUT2D eigenvalue weighted by Gasteiger charge is 2.43. The minimum absolute atomic E-state index is 0.252. The molecule has 0 spiro atoms. The van der Waals surface area contributed by atoms with Gasteiger partial charge in [0.2, 0.25) is 0 Å².